The van der Waals surface area contributed by atoms with Crippen molar-refractivity contribution in [1.29, 1.82) is 0 Å². The number of hydrogen-bond donors (Lipinski definition) is 1. The number of benzene rings is 1. The third-order valence-corrected chi connectivity index (χ3v) is 4.50. The smallest absolute Gasteiger partial charge is 0.246 e. The van der Waals surface area contributed by atoms with Gasteiger partial charge in [-0.25, -0.2) is 0 Å². The predicted molar refractivity (Wildman–Crippen MR) is 101 cm³/mol. The second kappa shape index (κ2) is 8.59. The molecule has 2 N–H and O–H groups in total. The highest BCUT2D eigenvalue weighted by atomic mass is 35.5. The topological polar surface area (TPSA) is 64.8 Å². The van der Waals surface area contributed by atoms with Crippen molar-refractivity contribution < 1.29 is 14.3 Å². The minimum atomic E-state index is -0.0167. The van der Waals surface area contributed by atoms with Crippen molar-refractivity contribution in [3.8, 4) is 11.5 Å². The minimum absolute atomic E-state index is 0.0127. The largest absolute Gasteiger partial charge is 0.493 e. The van der Waals surface area contributed by atoms with Gasteiger partial charge in [0.25, 0.3) is 0 Å². The van der Waals surface area contributed by atoms with E-state index in [0.717, 1.165) is 18.4 Å². The Morgan fingerprint density at radius 1 is 1.44 bits per heavy atom. The molecule has 25 heavy (non-hydrogen) atoms. The summed E-state index contributed by atoms with van der Waals surface area (Å²) in [6.45, 7) is 6.57. The van der Waals surface area contributed by atoms with Crippen molar-refractivity contribution in [1.82, 2.24) is 4.90 Å². The van der Waals surface area contributed by atoms with Gasteiger partial charge in [0.15, 0.2) is 11.5 Å². The number of ether oxygens (including phenoxy) is 2. The Morgan fingerprint density at radius 2 is 2.16 bits per heavy atom. The summed E-state index contributed by atoms with van der Waals surface area (Å²) in [4.78, 5) is 14.3. The van der Waals surface area contributed by atoms with Gasteiger partial charge in [-0.3, -0.25) is 4.79 Å². The van der Waals surface area contributed by atoms with Gasteiger partial charge in [0.2, 0.25) is 5.91 Å². The number of carbonyl (C=O) groups excluding carboxylic acids is 1. The fourth-order valence-corrected chi connectivity index (χ4v) is 3.25. The normalized spacial score (nSPS) is 21.0. The van der Waals surface area contributed by atoms with E-state index < -0.39 is 0 Å². The molecule has 0 aromatic heterocycles. The van der Waals surface area contributed by atoms with E-state index >= 15 is 0 Å². The van der Waals surface area contributed by atoms with E-state index in [2.05, 4.69) is 0 Å². The van der Waals surface area contributed by atoms with E-state index in [4.69, 9.17) is 26.8 Å². The number of rotatable bonds is 5. The number of piperidine rings is 1. The lowest BCUT2D eigenvalue weighted by molar-refractivity contribution is -0.129. The summed E-state index contributed by atoms with van der Waals surface area (Å²) >= 11 is 6.31. The molecule has 138 valence electrons. The Kier molecular flexibility index (Phi) is 6.73. The third-order valence-electron chi connectivity index (χ3n) is 4.22. The number of nitrogens with zero attached hydrogens (tertiary/aromatic N) is 1. The van der Waals surface area contributed by atoms with Crippen LogP contribution in [0.3, 0.4) is 0 Å². The number of methoxy groups -OCH3 is 1. The molecular formula is C19H27ClN2O3. The van der Waals surface area contributed by atoms with Crippen LogP contribution < -0.4 is 15.2 Å². The van der Waals surface area contributed by atoms with E-state index in [-0.39, 0.29) is 24.1 Å². The molecule has 1 aromatic rings. The van der Waals surface area contributed by atoms with E-state index in [1.54, 1.807) is 25.3 Å². The maximum atomic E-state index is 12.4. The Bertz CT molecular complexity index is 646. The zero-order chi connectivity index (χ0) is 18.6. The lowest BCUT2D eigenvalue weighted by Crippen LogP contribution is -2.47. The lowest BCUT2D eigenvalue weighted by atomic mass is 9.99. The average Bonchev–Trinajstić information content (AvgIpc) is 2.54. The summed E-state index contributed by atoms with van der Waals surface area (Å²) in [5, 5.41) is 0.456. The Morgan fingerprint density at radius 3 is 2.76 bits per heavy atom. The molecule has 0 saturated carbocycles. The van der Waals surface area contributed by atoms with Crippen molar-refractivity contribution in [2.24, 2.45) is 5.73 Å². The maximum Gasteiger partial charge on any atom is 0.246 e. The Hall–Kier alpha value is -1.72. The highest BCUT2D eigenvalue weighted by Crippen LogP contribution is 2.37. The molecule has 2 unspecified atom stereocenters. The number of halogens is 1. The second-order valence-corrected chi connectivity index (χ2v) is 7.11. The molecule has 0 radical (unpaired) electrons. The molecular weight excluding hydrogens is 340 g/mol. The summed E-state index contributed by atoms with van der Waals surface area (Å²) in [6.07, 6.45) is 4.98. The SMILES string of the molecule is COc1cc(/C=C/C(=O)N2CCC(N)CC2C)cc(Cl)c1OC(C)C. The van der Waals surface area contributed by atoms with Gasteiger partial charge in [0.1, 0.15) is 0 Å². The number of hydrogen-bond acceptors (Lipinski definition) is 4. The average molecular weight is 367 g/mol. The van der Waals surface area contributed by atoms with Crippen molar-refractivity contribution in [2.45, 2.75) is 51.8 Å². The zero-order valence-electron chi connectivity index (χ0n) is 15.3. The highest BCUT2D eigenvalue weighted by Gasteiger charge is 2.25. The van der Waals surface area contributed by atoms with Crippen LogP contribution in [-0.2, 0) is 4.79 Å². The molecule has 1 heterocycles. The van der Waals surface area contributed by atoms with Crippen LogP contribution in [0.1, 0.15) is 39.2 Å². The summed E-state index contributed by atoms with van der Waals surface area (Å²) in [5.41, 5.74) is 6.74. The molecule has 2 atom stereocenters. The molecule has 1 aromatic carbocycles. The Labute approximate surface area is 154 Å². The van der Waals surface area contributed by atoms with Gasteiger partial charge in [-0.1, -0.05) is 11.6 Å². The number of carbonyl (C=O) groups is 1. The molecule has 0 spiro atoms. The minimum Gasteiger partial charge on any atom is -0.493 e. The van der Waals surface area contributed by atoms with E-state index in [0.29, 0.717) is 23.1 Å². The quantitative estimate of drug-likeness (QED) is 0.810. The number of amides is 1. The molecule has 1 aliphatic heterocycles. The molecule has 1 fully saturated rings. The van der Waals surface area contributed by atoms with Crippen molar-refractivity contribution in [3.05, 3.63) is 28.8 Å². The van der Waals surface area contributed by atoms with Gasteiger partial charge in [0, 0.05) is 24.7 Å². The molecule has 0 aliphatic carbocycles. The van der Waals surface area contributed by atoms with Gasteiger partial charge in [-0.05, 0) is 57.4 Å². The first-order valence-electron chi connectivity index (χ1n) is 8.60. The van der Waals surface area contributed by atoms with Crippen LogP contribution in [0, 0.1) is 0 Å². The van der Waals surface area contributed by atoms with Gasteiger partial charge < -0.3 is 20.1 Å². The maximum absolute atomic E-state index is 12.4. The molecule has 1 amide bonds. The van der Waals surface area contributed by atoms with Crippen LogP contribution in [0.25, 0.3) is 6.08 Å². The van der Waals surface area contributed by atoms with E-state index in [1.807, 2.05) is 31.7 Å². The Balaban J connectivity index is 2.15. The van der Waals surface area contributed by atoms with Crippen LogP contribution in [0.2, 0.25) is 5.02 Å². The van der Waals surface area contributed by atoms with Crippen LogP contribution in [0.15, 0.2) is 18.2 Å². The van der Waals surface area contributed by atoms with Crippen molar-refractivity contribution >= 4 is 23.6 Å². The summed E-state index contributed by atoms with van der Waals surface area (Å²) < 4.78 is 11.1. The fraction of sp³-hybridized carbons (Fsp3) is 0.526. The predicted octanol–water partition coefficient (Wildman–Crippen LogP) is 3.49. The second-order valence-electron chi connectivity index (χ2n) is 6.70. The first-order valence-corrected chi connectivity index (χ1v) is 8.98. The molecule has 5 nitrogen and oxygen atoms in total. The van der Waals surface area contributed by atoms with Gasteiger partial charge >= 0.3 is 0 Å². The van der Waals surface area contributed by atoms with Gasteiger partial charge in [0.05, 0.1) is 18.2 Å². The molecule has 0 bridgehead atoms. The van der Waals surface area contributed by atoms with Crippen LogP contribution >= 0.6 is 11.6 Å². The third kappa shape index (κ3) is 5.13. The van der Waals surface area contributed by atoms with E-state index in [9.17, 15) is 4.79 Å². The fourth-order valence-electron chi connectivity index (χ4n) is 2.99. The lowest BCUT2D eigenvalue weighted by Gasteiger charge is -2.35. The highest BCUT2D eigenvalue weighted by molar-refractivity contribution is 6.32. The van der Waals surface area contributed by atoms with Crippen LogP contribution in [0.4, 0.5) is 0 Å². The zero-order valence-corrected chi connectivity index (χ0v) is 16.0. The number of nitrogens with two attached hydrogens (primary N) is 1. The van der Waals surface area contributed by atoms with E-state index in [1.165, 1.54) is 0 Å². The molecule has 1 saturated heterocycles. The number of likely N-dealkylation sites (tertiary alicyclic amines) is 1. The van der Waals surface area contributed by atoms with Gasteiger partial charge in [-0.15, -0.1) is 0 Å². The first-order chi connectivity index (χ1) is 11.8. The molecule has 1 aliphatic rings. The summed E-state index contributed by atoms with van der Waals surface area (Å²) in [5.74, 6) is 1.05. The van der Waals surface area contributed by atoms with Gasteiger partial charge in [-0.2, -0.15) is 0 Å². The summed E-state index contributed by atoms with van der Waals surface area (Å²) in [6, 6.07) is 3.91. The molecule has 6 heteroatoms. The first kappa shape index (κ1) is 19.6. The van der Waals surface area contributed by atoms with Crippen molar-refractivity contribution in [3.63, 3.8) is 0 Å². The summed E-state index contributed by atoms with van der Waals surface area (Å²) in [7, 11) is 1.57. The molecule has 2 rings (SSSR count). The monoisotopic (exact) mass is 366 g/mol. The van der Waals surface area contributed by atoms with Crippen LogP contribution in [-0.4, -0.2) is 42.6 Å². The van der Waals surface area contributed by atoms with Crippen LogP contribution in [0.5, 0.6) is 11.5 Å². The van der Waals surface area contributed by atoms with Crippen molar-refractivity contribution in [2.75, 3.05) is 13.7 Å². The standard InChI is InChI=1S/C19H27ClN2O3/c1-12(2)25-19-16(20)10-14(11-17(19)24-4)5-6-18(23)22-8-7-15(21)9-13(22)3/h5-6,10-13,15H,7-9,21H2,1-4H3/b6-5+.